The lowest BCUT2D eigenvalue weighted by Gasteiger charge is -2.14. The standard InChI is InChI=1S/C15H12ClF3N4O2S/c1-8-22-23-13(24)5-10(21-14(23)26-8)6-20-11-4-9(16)2-3-12(11)25-7-15(17,18)19/h2-5,20H,6-7H2,1H3. The third kappa shape index (κ3) is 4.44. The van der Waals surface area contributed by atoms with Crippen LogP contribution in [0.25, 0.3) is 4.96 Å². The number of aryl methyl sites for hydroxylation is 1. The Labute approximate surface area is 154 Å². The summed E-state index contributed by atoms with van der Waals surface area (Å²) in [5, 5.41) is 7.96. The smallest absolute Gasteiger partial charge is 0.422 e. The lowest BCUT2D eigenvalue weighted by Crippen LogP contribution is -2.20. The van der Waals surface area contributed by atoms with E-state index in [-0.39, 0.29) is 23.5 Å². The summed E-state index contributed by atoms with van der Waals surface area (Å²) >= 11 is 7.16. The van der Waals surface area contributed by atoms with Crippen LogP contribution in [0.3, 0.4) is 0 Å². The van der Waals surface area contributed by atoms with Crippen molar-refractivity contribution in [3.05, 3.63) is 50.3 Å². The van der Waals surface area contributed by atoms with E-state index >= 15 is 0 Å². The Kier molecular flexibility index (Phi) is 5.05. The third-order valence-corrected chi connectivity index (χ3v) is 4.25. The van der Waals surface area contributed by atoms with Crippen molar-refractivity contribution in [2.24, 2.45) is 0 Å². The maximum absolute atomic E-state index is 12.4. The molecule has 3 rings (SSSR count). The van der Waals surface area contributed by atoms with Crippen LogP contribution in [0, 0.1) is 6.92 Å². The van der Waals surface area contributed by atoms with E-state index < -0.39 is 12.8 Å². The molecule has 138 valence electrons. The Morgan fingerprint density at radius 2 is 2.12 bits per heavy atom. The maximum Gasteiger partial charge on any atom is 0.422 e. The molecule has 0 aliphatic heterocycles. The van der Waals surface area contributed by atoms with Gasteiger partial charge in [-0.3, -0.25) is 4.79 Å². The van der Waals surface area contributed by atoms with Crippen molar-refractivity contribution in [1.29, 1.82) is 0 Å². The molecule has 0 spiro atoms. The van der Waals surface area contributed by atoms with Crippen molar-refractivity contribution in [3.63, 3.8) is 0 Å². The number of nitrogens with zero attached hydrogens (tertiary/aromatic N) is 3. The Morgan fingerprint density at radius 3 is 2.85 bits per heavy atom. The molecule has 26 heavy (non-hydrogen) atoms. The molecule has 0 unspecified atom stereocenters. The summed E-state index contributed by atoms with van der Waals surface area (Å²) in [6.07, 6.45) is -4.46. The molecule has 0 atom stereocenters. The molecular formula is C15H12ClF3N4O2S. The highest BCUT2D eigenvalue weighted by Crippen LogP contribution is 2.30. The molecule has 0 bridgehead atoms. The van der Waals surface area contributed by atoms with Gasteiger partial charge in [0.05, 0.1) is 17.9 Å². The van der Waals surface area contributed by atoms with Gasteiger partial charge in [-0.05, 0) is 25.1 Å². The lowest BCUT2D eigenvalue weighted by molar-refractivity contribution is -0.153. The Bertz CT molecular complexity index is 1000. The highest BCUT2D eigenvalue weighted by Gasteiger charge is 2.28. The molecule has 6 nitrogen and oxygen atoms in total. The fourth-order valence-corrected chi connectivity index (χ4v) is 3.09. The number of anilines is 1. The normalized spacial score (nSPS) is 11.7. The third-order valence-electron chi connectivity index (χ3n) is 3.19. The molecule has 0 saturated carbocycles. The summed E-state index contributed by atoms with van der Waals surface area (Å²) < 4.78 is 43.1. The van der Waals surface area contributed by atoms with E-state index in [1.54, 1.807) is 6.92 Å². The van der Waals surface area contributed by atoms with E-state index in [4.69, 9.17) is 16.3 Å². The van der Waals surface area contributed by atoms with Gasteiger partial charge in [-0.1, -0.05) is 22.9 Å². The van der Waals surface area contributed by atoms with Gasteiger partial charge in [0.15, 0.2) is 6.61 Å². The number of aromatic nitrogens is 3. The number of hydrogen-bond acceptors (Lipinski definition) is 6. The highest BCUT2D eigenvalue weighted by molar-refractivity contribution is 7.16. The van der Waals surface area contributed by atoms with Crippen LogP contribution >= 0.6 is 22.9 Å². The fraction of sp³-hybridized carbons (Fsp3) is 0.267. The van der Waals surface area contributed by atoms with Crippen LogP contribution in [0.1, 0.15) is 10.7 Å². The van der Waals surface area contributed by atoms with Gasteiger partial charge >= 0.3 is 6.18 Å². The van der Waals surface area contributed by atoms with Gasteiger partial charge in [-0.15, -0.1) is 0 Å². The monoisotopic (exact) mass is 404 g/mol. The average Bonchev–Trinajstić information content (AvgIpc) is 2.92. The van der Waals surface area contributed by atoms with Gasteiger partial charge in [0, 0.05) is 11.1 Å². The van der Waals surface area contributed by atoms with Crippen LogP contribution in [0.15, 0.2) is 29.1 Å². The summed E-state index contributed by atoms with van der Waals surface area (Å²) in [5.74, 6) is -0.00170. The number of benzene rings is 1. The summed E-state index contributed by atoms with van der Waals surface area (Å²) in [4.78, 5) is 16.8. The minimum absolute atomic E-state index is 0.00170. The molecule has 0 fully saturated rings. The van der Waals surface area contributed by atoms with Crippen molar-refractivity contribution in [2.45, 2.75) is 19.6 Å². The van der Waals surface area contributed by atoms with E-state index in [2.05, 4.69) is 15.4 Å². The van der Waals surface area contributed by atoms with Crippen LogP contribution < -0.4 is 15.6 Å². The van der Waals surface area contributed by atoms with Crippen molar-refractivity contribution >= 4 is 33.6 Å². The molecule has 3 aromatic rings. The molecule has 1 N–H and O–H groups in total. The zero-order chi connectivity index (χ0) is 18.9. The zero-order valence-corrected chi connectivity index (χ0v) is 14.9. The van der Waals surface area contributed by atoms with E-state index in [0.29, 0.717) is 20.7 Å². The molecule has 0 aliphatic rings. The topological polar surface area (TPSA) is 68.5 Å². The number of alkyl halides is 3. The van der Waals surface area contributed by atoms with Crippen LogP contribution in [0.4, 0.5) is 18.9 Å². The molecule has 11 heteroatoms. The molecule has 0 amide bonds. The van der Waals surface area contributed by atoms with Crippen molar-refractivity contribution < 1.29 is 17.9 Å². The van der Waals surface area contributed by atoms with Crippen molar-refractivity contribution in [3.8, 4) is 5.75 Å². The van der Waals surface area contributed by atoms with Crippen LogP contribution in [-0.2, 0) is 6.54 Å². The zero-order valence-electron chi connectivity index (χ0n) is 13.3. The first kappa shape index (κ1) is 18.5. The minimum Gasteiger partial charge on any atom is -0.482 e. The summed E-state index contributed by atoms with van der Waals surface area (Å²) in [6.45, 7) is 0.438. The van der Waals surface area contributed by atoms with E-state index in [1.807, 2.05) is 0 Å². The Balaban J connectivity index is 1.81. The van der Waals surface area contributed by atoms with Gasteiger partial charge in [0.2, 0.25) is 4.96 Å². The van der Waals surface area contributed by atoms with Crippen LogP contribution in [0.2, 0.25) is 5.02 Å². The SMILES string of the molecule is Cc1nn2c(=O)cc(CNc3cc(Cl)ccc3OCC(F)(F)F)nc2s1. The van der Waals surface area contributed by atoms with Gasteiger partial charge in [0.25, 0.3) is 5.56 Å². The van der Waals surface area contributed by atoms with E-state index in [1.165, 1.54) is 40.1 Å². The first-order valence-corrected chi connectivity index (χ1v) is 8.50. The van der Waals surface area contributed by atoms with Crippen LogP contribution in [0.5, 0.6) is 5.75 Å². The lowest BCUT2D eigenvalue weighted by atomic mass is 10.2. The molecule has 2 heterocycles. The summed E-state index contributed by atoms with van der Waals surface area (Å²) in [5.41, 5.74) is 0.348. The van der Waals surface area contributed by atoms with Gasteiger partial charge in [-0.2, -0.15) is 22.8 Å². The first-order valence-electron chi connectivity index (χ1n) is 7.31. The molecule has 0 aliphatic carbocycles. The van der Waals surface area contributed by atoms with E-state index in [9.17, 15) is 18.0 Å². The van der Waals surface area contributed by atoms with Gasteiger partial charge in [-0.25, -0.2) is 4.98 Å². The number of halogens is 4. The number of fused-ring (bicyclic) bond motifs is 1. The second-order valence-electron chi connectivity index (χ2n) is 5.30. The van der Waals surface area contributed by atoms with Crippen LogP contribution in [-0.4, -0.2) is 27.4 Å². The number of hydrogen-bond donors (Lipinski definition) is 1. The molecule has 2 aromatic heterocycles. The second kappa shape index (κ2) is 7.12. The first-order chi connectivity index (χ1) is 12.2. The second-order valence-corrected chi connectivity index (χ2v) is 6.90. The quantitative estimate of drug-likeness (QED) is 0.702. The number of ether oxygens (including phenoxy) is 1. The molecule has 0 radical (unpaired) electrons. The molecule has 1 aromatic carbocycles. The fourth-order valence-electron chi connectivity index (χ4n) is 2.15. The number of rotatable bonds is 5. The summed E-state index contributed by atoms with van der Waals surface area (Å²) in [6, 6.07) is 5.51. The van der Waals surface area contributed by atoms with Gasteiger partial charge < -0.3 is 10.1 Å². The molecule has 0 saturated heterocycles. The average molecular weight is 405 g/mol. The Morgan fingerprint density at radius 1 is 1.35 bits per heavy atom. The predicted octanol–water partition coefficient (Wildman–Crippen LogP) is 3.67. The Hall–Kier alpha value is -2.33. The highest BCUT2D eigenvalue weighted by atomic mass is 35.5. The van der Waals surface area contributed by atoms with Crippen molar-refractivity contribution in [2.75, 3.05) is 11.9 Å². The van der Waals surface area contributed by atoms with Crippen molar-refractivity contribution in [1.82, 2.24) is 14.6 Å². The maximum atomic E-state index is 12.4. The van der Waals surface area contributed by atoms with E-state index in [0.717, 1.165) is 0 Å². The number of nitrogens with one attached hydrogen (secondary N) is 1. The molecular weight excluding hydrogens is 393 g/mol. The van der Waals surface area contributed by atoms with Gasteiger partial charge in [0.1, 0.15) is 10.8 Å². The summed E-state index contributed by atoms with van der Waals surface area (Å²) in [7, 11) is 0. The predicted molar refractivity (Wildman–Crippen MR) is 92.2 cm³/mol. The largest absolute Gasteiger partial charge is 0.482 e. The minimum atomic E-state index is -4.46.